The first-order chi connectivity index (χ1) is 7.04. The SMILES string of the molecule is C=C(C)C(=O)OCCCCCCC(C)=O. The molecule has 3 heteroatoms. The number of carbonyl (C=O) groups is 2. The van der Waals surface area contributed by atoms with Crippen LogP contribution in [-0.4, -0.2) is 18.4 Å². The molecule has 0 unspecified atom stereocenters. The van der Waals surface area contributed by atoms with Gasteiger partial charge in [-0.25, -0.2) is 4.79 Å². The number of hydrogen-bond acceptors (Lipinski definition) is 3. The number of hydrogen-bond donors (Lipinski definition) is 0. The Bertz CT molecular complexity index is 231. The van der Waals surface area contributed by atoms with E-state index >= 15 is 0 Å². The lowest BCUT2D eigenvalue weighted by atomic mass is 10.1. The molecule has 0 rings (SSSR count). The summed E-state index contributed by atoms with van der Waals surface area (Å²) >= 11 is 0. The number of unbranched alkanes of at least 4 members (excludes halogenated alkanes) is 3. The maximum atomic E-state index is 11.0. The Morgan fingerprint density at radius 3 is 2.20 bits per heavy atom. The highest BCUT2D eigenvalue weighted by Crippen LogP contribution is 2.04. The molecule has 15 heavy (non-hydrogen) atoms. The number of carbonyl (C=O) groups excluding carboxylic acids is 2. The van der Waals surface area contributed by atoms with E-state index in [9.17, 15) is 9.59 Å². The van der Waals surface area contributed by atoms with Crippen molar-refractivity contribution in [2.24, 2.45) is 0 Å². The third kappa shape index (κ3) is 9.19. The molecule has 0 atom stereocenters. The van der Waals surface area contributed by atoms with Crippen LogP contribution in [0.5, 0.6) is 0 Å². The van der Waals surface area contributed by atoms with Gasteiger partial charge in [-0.05, 0) is 26.7 Å². The zero-order valence-electron chi connectivity index (χ0n) is 9.67. The van der Waals surface area contributed by atoms with E-state index in [1.807, 2.05) is 0 Å². The average Bonchev–Trinajstić information content (AvgIpc) is 2.15. The summed E-state index contributed by atoms with van der Waals surface area (Å²) in [6.07, 6.45) is 4.47. The van der Waals surface area contributed by atoms with Crippen molar-refractivity contribution in [2.45, 2.75) is 46.0 Å². The van der Waals surface area contributed by atoms with Crippen molar-refractivity contribution < 1.29 is 14.3 Å². The topological polar surface area (TPSA) is 43.4 Å². The number of rotatable bonds is 8. The summed E-state index contributed by atoms with van der Waals surface area (Å²) in [5.74, 6) is -0.0811. The largest absolute Gasteiger partial charge is 0.462 e. The van der Waals surface area contributed by atoms with Crippen LogP contribution in [0.1, 0.15) is 46.0 Å². The van der Waals surface area contributed by atoms with Crippen LogP contribution in [0.15, 0.2) is 12.2 Å². The first kappa shape index (κ1) is 13.9. The fraction of sp³-hybridized carbons (Fsp3) is 0.667. The van der Waals surface area contributed by atoms with Crippen LogP contribution < -0.4 is 0 Å². The third-order valence-corrected chi connectivity index (χ3v) is 2.00. The van der Waals surface area contributed by atoms with Crippen molar-refractivity contribution in [3.05, 3.63) is 12.2 Å². The Morgan fingerprint density at radius 2 is 1.67 bits per heavy atom. The molecule has 86 valence electrons. The molecule has 0 aromatic carbocycles. The summed E-state index contributed by atoms with van der Waals surface area (Å²) in [4.78, 5) is 21.6. The first-order valence-electron chi connectivity index (χ1n) is 5.36. The lowest BCUT2D eigenvalue weighted by molar-refractivity contribution is -0.139. The molecule has 0 heterocycles. The molecule has 0 aliphatic rings. The second-order valence-electron chi connectivity index (χ2n) is 3.78. The molecule has 0 spiro atoms. The van der Waals surface area contributed by atoms with Crippen molar-refractivity contribution in [1.29, 1.82) is 0 Å². The van der Waals surface area contributed by atoms with Gasteiger partial charge >= 0.3 is 5.97 Å². The number of esters is 1. The number of Topliss-reactive ketones (excluding diaryl/α,β-unsaturated/α-hetero) is 1. The highest BCUT2D eigenvalue weighted by molar-refractivity contribution is 5.86. The summed E-state index contributed by atoms with van der Waals surface area (Å²) in [6, 6.07) is 0. The van der Waals surface area contributed by atoms with Gasteiger partial charge in [-0.1, -0.05) is 19.4 Å². The molecule has 0 saturated heterocycles. The molecule has 3 nitrogen and oxygen atoms in total. The highest BCUT2D eigenvalue weighted by Gasteiger charge is 2.01. The monoisotopic (exact) mass is 212 g/mol. The van der Waals surface area contributed by atoms with Crippen molar-refractivity contribution in [3.63, 3.8) is 0 Å². The van der Waals surface area contributed by atoms with Crippen molar-refractivity contribution in [2.75, 3.05) is 6.61 Å². The van der Waals surface area contributed by atoms with E-state index in [4.69, 9.17) is 4.74 Å². The lowest BCUT2D eigenvalue weighted by Gasteiger charge is -2.03. The number of ether oxygens (including phenoxy) is 1. The fourth-order valence-corrected chi connectivity index (χ4v) is 1.12. The Morgan fingerprint density at radius 1 is 1.07 bits per heavy atom. The maximum absolute atomic E-state index is 11.0. The number of ketones is 1. The van der Waals surface area contributed by atoms with Crippen molar-refractivity contribution in [3.8, 4) is 0 Å². The van der Waals surface area contributed by atoms with Gasteiger partial charge in [-0.15, -0.1) is 0 Å². The van der Waals surface area contributed by atoms with Crippen molar-refractivity contribution in [1.82, 2.24) is 0 Å². The van der Waals surface area contributed by atoms with E-state index in [0.717, 1.165) is 25.7 Å². The lowest BCUT2D eigenvalue weighted by Crippen LogP contribution is -2.06. The van der Waals surface area contributed by atoms with Crippen LogP contribution in [0.3, 0.4) is 0 Å². The molecule has 0 aliphatic carbocycles. The quantitative estimate of drug-likeness (QED) is 0.353. The molecular weight excluding hydrogens is 192 g/mol. The standard InChI is InChI=1S/C12H20O3/c1-10(2)12(14)15-9-7-5-4-6-8-11(3)13/h1,4-9H2,2-3H3. The highest BCUT2D eigenvalue weighted by atomic mass is 16.5. The molecule has 0 N–H and O–H groups in total. The van der Waals surface area contributed by atoms with Crippen LogP contribution in [0.4, 0.5) is 0 Å². The van der Waals surface area contributed by atoms with Gasteiger partial charge in [-0.2, -0.15) is 0 Å². The van der Waals surface area contributed by atoms with Gasteiger partial charge in [0.15, 0.2) is 0 Å². The predicted molar refractivity (Wildman–Crippen MR) is 59.5 cm³/mol. The average molecular weight is 212 g/mol. The fourth-order valence-electron chi connectivity index (χ4n) is 1.12. The smallest absolute Gasteiger partial charge is 0.333 e. The van der Waals surface area contributed by atoms with Gasteiger partial charge < -0.3 is 9.53 Å². The van der Waals surface area contributed by atoms with Gasteiger partial charge in [0.2, 0.25) is 0 Å². The molecule has 0 saturated carbocycles. The third-order valence-electron chi connectivity index (χ3n) is 2.00. The Hall–Kier alpha value is -1.12. The minimum Gasteiger partial charge on any atom is -0.462 e. The minimum absolute atomic E-state index is 0.240. The Labute approximate surface area is 91.5 Å². The Kier molecular flexibility index (Phi) is 7.60. The summed E-state index contributed by atoms with van der Waals surface area (Å²) in [5.41, 5.74) is 0.437. The van der Waals surface area contributed by atoms with Crippen LogP contribution in [0, 0.1) is 0 Å². The van der Waals surface area contributed by atoms with E-state index < -0.39 is 0 Å². The summed E-state index contributed by atoms with van der Waals surface area (Å²) < 4.78 is 4.93. The second-order valence-corrected chi connectivity index (χ2v) is 3.78. The van der Waals surface area contributed by atoms with Gasteiger partial charge in [0.05, 0.1) is 6.61 Å². The van der Waals surface area contributed by atoms with E-state index in [2.05, 4.69) is 6.58 Å². The molecular formula is C12H20O3. The van der Waals surface area contributed by atoms with Crippen LogP contribution in [0.2, 0.25) is 0 Å². The molecule has 0 fully saturated rings. The minimum atomic E-state index is -0.321. The van der Waals surface area contributed by atoms with E-state index in [0.29, 0.717) is 18.6 Å². The van der Waals surface area contributed by atoms with Gasteiger partial charge in [0, 0.05) is 12.0 Å². The first-order valence-corrected chi connectivity index (χ1v) is 5.36. The maximum Gasteiger partial charge on any atom is 0.333 e. The van der Waals surface area contributed by atoms with Crippen LogP contribution in [0.25, 0.3) is 0 Å². The summed E-state index contributed by atoms with van der Waals surface area (Å²) in [5, 5.41) is 0. The molecule has 0 radical (unpaired) electrons. The molecule has 0 bridgehead atoms. The molecule has 0 aliphatic heterocycles. The normalized spacial score (nSPS) is 9.73. The molecule has 0 aromatic rings. The predicted octanol–water partition coefficient (Wildman–Crippen LogP) is 2.65. The zero-order valence-corrected chi connectivity index (χ0v) is 9.67. The summed E-state index contributed by atoms with van der Waals surface area (Å²) in [6.45, 7) is 7.18. The van der Waals surface area contributed by atoms with Crippen molar-refractivity contribution >= 4 is 11.8 Å². The zero-order chi connectivity index (χ0) is 11.7. The van der Waals surface area contributed by atoms with Gasteiger partial charge in [0.1, 0.15) is 5.78 Å². The van der Waals surface area contributed by atoms with Crippen LogP contribution in [-0.2, 0) is 14.3 Å². The van der Waals surface area contributed by atoms with E-state index in [-0.39, 0.29) is 11.8 Å². The van der Waals surface area contributed by atoms with Gasteiger partial charge in [-0.3, -0.25) is 0 Å². The second kappa shape index (κ2) is 8.21. The van der Waals surface area contributed by atoms with Gasteiger partial charge in [0.25, 0.3) is 0 Å². The van der Waals surface area contributed by atoms with Crippen LogP contribution >= 0.6 is 0 Å². The van der Waals surface area contributed by atoms with E-state index in [1.54, 1.807) is 13.8 Å². The summed E-state index contributed by atoms with van der Waals surface area (Å²) in [7, 11) is 0. The molecule has 0 amide bonds. The molecule has 0 aromatic heterocycles. The Balaban J connectivity index is 3.22. The van der Waals surface area contributed by atoms with E-state index in [1.165, 1.54) is 0 Å².